The number of hydrogen-bond acceptors (Lipinski definition) is 1. The molecule has 0 bridgehead atoms. The second-order valence-corrected chi connectivity index (χ2v) is 21.8. The summed E-state index contributed by atoms with van der Waals surface area (Å²) in [7, 11) is -2.71. The van der Waals surface area contributed by atoms with Crippen LogP contribution in [0.15, 0.2) is 42.2 Å². The summed E-state index contributed by atoms with van der Waals surface area (Å²) >= 11 is 13.9. The first-order valence-electron chi connectivity index (χ1n) is 9.64. The minimum Gasteiger partial charge on any atom is -0.870 e. The molecule has 0 amide bonds. The summed E-state index contributed by atoms with van der Waals surface area (Å²) in [6, 6.07) is 7.76. The first kappa shape index (κ1) is 36.8. The molecule has 0 heterocycles. The van der Waals surface area contributed by atoms with E-state index in [1.807, 2.05) is 12.1 Å². The standard InChI is InChI=1S/C16H20Br2Si2.C10H4Br2.K.H2O/c1-19(2,3)9-7-13-11-16(18)14(12-15(13)17)8-10-20(4,5)6;1-3-7-5-10(12)8(4-2)6-9(7)11;;/h11-12H,1-6H3;1-2,5-6H;;1H2/q;;+1;/p-1. The largest absolute Gasteiger partial charge is 1.00 e. The van der Waals surface area contributed by atoms with Crippen LogP contribution in [0.25, 0.3) is 0 Å². The fourth-order valence-electron chi connectivity index (χ4n) is 2.02. The van der Waals surface area contributed by atoms with Crippen molar-refractivity contribution in [2.75, 3.05) is 0 Å². The molecule has 0 atom stereocenters. The number of rotatable bonds is 0. The number of halogens is 4. The third kappa shape index (κ3) is 13.8. The molecule has 0 spiro atoms. The van der Waals surface area contributed by atoms with Gasteiger partial charge in [0, 0.05) is 40.1 Å². The van der Waals surface area contributed by atoms with Gasteiger partial charge in [0.25, 0.3) is 0 Å². The van der Waals surface area contributed by atoms with E-state index in [0.29, 0.717) is 0 Å². The SMILES string of the molecule is C#Cc1cc(Br)c(C#C)cc1Br.C[Si](C)(C)C#Cc1cc(Br)c(C#C[Si](C)(C)C)cc1Br.[K+].[OH-]. The van der Waals surface area contributed by atoms with E-state index in [0.717, 1.165) is 40.1 Å². The molecule has 0 saturated heterocycles. The number of benzene rings is 2. The fourth-order valence-corrected chi connectivity index (χ4v) is 4.84. The monoisotopic (exact) mass is 764 g/mol. The van der Waals surface area contributed by atoms with Crippen LogP contribution in [0.3, 0.4) is 0 Å². The van der Waals surface area contributed by atoms with Crippen LogP contribution in [0.2, 0.25) is 39.3 Å². The molecule has 0 aliphatic carbocycles. The minimum atomic E-state index is -1.35. The van der Waals surface area contributed by atoms with Crippen molar-refractivity contribution in [3.05, 3.63) is 64.4 Å². The van der Waals surface area contributed by atoms with Crippen molar-refractivity contribution in [1.82, 2.24) is 0 Å². The van der Waals surface area contributed by atoms with Crippen molar-refractivity contribution >= 4 is 79.9 Å². The second kappa shape index (κ2) is 16.5. The molecule has 0 unspecified atom stereocenters. The average Bonchev–Trinajstić information content (AvgIpc) is 2.67. The molecule has 0 fully saturated rings. The van der Waals surface area contributed by atoms with Crippen LogP contribution in [-0.2, 0) is 0 Å². The summed E-state index contributed by atoms with van der Waals surface area (Å²) < 4.78 is 3.74. The molecule has 0 aliphatic heterocycles. The molecule has 1 nitrogen and oxygen atoms in total. The molecule has 0 aliphatic rings. The summed E-state index contributed by atoms with van der Waals surface area (Å²) in [6.07, 6.45) is 10.5. The molecule has 0 aromatic heterocycles. The summed E-state index contributed by atoms with van der Waals surface area (Å²) in [6.45, 7) is 13.5. The second-order valence-electron chi connectivity index (χ2n) is 8.91. The van der Waals surface area contributed by atoms with Crippen molar-refractivity contribution in [3.8, 4) is 47.6 Å². The van der Waals surface area contributed by atoms with Gasteiger partial charge < -0.3 is 5.48 Å². The van der Waals surface area contributed by atoms with Gasteiger partial charge in [-0.1, -0.05) is 63.0 Å². The maximum Gasteiger partial charge on any atom is 1.00 e. The van der Waals surface area contributed by atoms with Crippen LogP contribution in [0.1, 0.15) is 22.3 Å². The van der Waals surface area contributed by atoms with Gasteiger partial charge in [0.1, 0.15) is 16.1 Å². The zero-order chi connectivity index (χ0) is 24.7. The van der Waals surface area contributed by atoms with Gasteiger partial charge in [-0.15, -0.1) is 23.9 Å². The maximum absolute atomic E-state index is 5.26. The molecule has 2 aromatic rings. The molecule has 0 radical (unpaired) electrons. The van der Waals surface area contributed by atoms with Crippen molar-refractivity contribution in [2.24, 2.45) is 0 Å². The topological polar surface area (TPSA) is 30.0 Å². The Morgan fingerprint density at radius 1 is 0.559 bits per heavy atom. The van der Waals surface area contributed by atoms with Gasteiger partial charge in [0.2, 0.25) is 0 Å². The Labute approximate surface area is 283 Å². The van der Waals surface area contributed by atoms with E-state index in [-0.39, 0.29) is 56.9 Å². The smallest absolute Gasteiger partial charge is 0.870 e. The third-order valence-electron chi connectivity index (χ3n) is 3.57. The van der Waals surface area contributed by atoms with E-state index in [1.54, 1.807) is 0 Å². The van der Waals surface area contributed by atoms with Crippen LogP contribution in [0.4, 0.5) is 0 Å². The van der Waals surface area contributed by atoms with Gasteiger partial charge >= 0.3 is 51.4 Å². The average molecular weight is 768 g/mol. The maximum atomic E-state index is 5.26. The summed E-state index contributed by atoms with van der Waals surface area (Å²) in [4.78, 5) is 0. The summed E-state index contributed by atoms with van der Waals surface area (Å²) in [5.41, 5.74) is 10.4. The van der Waals surface area contributed by atoms with Crippen molar-refractivity contribution in [2.45, 2.75) is 39.3 Å². The quantitative estimate of drug-likeness (QED) is 0.251. The summed E-state index contributed by atoms with van der Waals surface area (Å²) in [5, 5.41) is 0. The van der Waals surface area contributed by atoms with Gasteiger partial charge in [-0.2, -0.15) is 0 Å². The molecule has 172 valence electrons. The van der Waals surface area contributed by atoms with Gasteiger partial charge in [-0.3, -0.25) is 0 Å². The Bertz CT molecular complexity index is 1130. The molecule has 2 aromatic carbocycles. The Kier molecular flexibility index (Phi) is 17.8. The van der Waals surface area contributed by atoms with E-state index < -0.39 is 16.1 Å². The predicted molar refractivity (Wildman–Crippen MR) is 162 cm³/mol. The molecule has 34 heavy (non-hydrogen) atoms. The van der Waals surface area contributed by atoms with Crippen LogP contribution >= 0.6 is 63.7 Å². The van der Waals surface area contributed by atoms with E-state index in [9.17, 15) is 0 Å². The number of terminal acetylenes is 2. The zero-order valence-electron chi connectivity index (χ0n) is 20.4. The van der Waals surface area contributed by atoms with E-state index in [4.69, 9.17) is 12.8 Å². The van der Waals surface area contributed by atoms with Crippen LogP contribution in [-0.4, -0.2) is 21.6 Å². The Hall–Kier alpha value is 0.630. The van der Waals surface area contributed by atoms with Crippen LogP contribution in [0.5, 0.6) is 0 Å². The van der Waals surface area contributed by atoms with Gasteiger partial charge in [-0.05, 0) is 88.0 Å². The molecule has 2 rings (SSSR count). The van der Waals surface area contributed by atoms with Gasteiger partial charge in [0.15, 0.2) is 0 Å². The molecule has 1 N–H and O–H groups in total. The number of hydrogen-bond donors (Lipinski definition) is 0. The minimum absolute atomic E-state index is 0. The Balaban J connectivity index is 0. The molecular formula is C26H25Br4KOSi2. The van der Waals surface area contributed by atoms with Crippen molar-refractivity contribution in [3.63, 3.8) is 0 Å². The zero-order valence-corrected chi connectivity index (χ0v) is 31.9. The molecule has 0 saturated carbocycles. The Morgan fingerprint density at radius 3 is 1.03 bits per heavy atom. The van der Waals surface area contributed by atoms with Crippen LogP contribution < -0.4 is 51.4 Å². The predicted octanol–water partition coefficient (Wildman–Crippen LogP) is 5.67. The van der Waals surface area contributed by atoms with Gasteiger partial charge in [-0.25, -0.2) is 0 Å². The molecular weight excluding hydrogens is 743 g/mol. The van der Waals surface area contributed by atoms with Gasteiger partial charge in [0.05, 0.1) is 0 Å². The van der Waals surface area contributed by atoms with E-state index >= 15 is 0 Å². The van der Waals surface area contributed by atoms with Crippen LogP contribution in [0, 0.1) is 47.6 Å². The van der Waals surface area contributed by atoms with Crippen molar-refractivity contribution < 1.29 is 56.9 Å². The summed E-state index contributed by atoms with van der Waals surface area (Å²) in [5.74, 6) is 11.7. The first-order chi connectivity index (χ1) is 14.7. The van der Waals surface area contributed by atoms with E-state index in [1.165, 1.54) is 0 Å². The normalized spacial score (nSPS) is 9.65. The van der Waals surface area contributed by atoms with E-state index in [2.05, 4.69) is 150 Å². The van der Waals surface area contributed by atoms with Crippen molar-refractivity contribution in [1.29, 1.82) is 0 Å². The fraction of sp³-hybridized carbons (Fsp3) is 0.231. The third-order valence-corrected chi connectivity index (χ3v) is 7.94. The first-order valence-corrected chi connectivity index (χ1v) is 19.8. The molecule has 8 heteroatoms. The Morgan fingerprint density at radius 2 is 0.794 bits per heavy atom.